The standard InChI is InChI=1S/C26H19Cl2N7O11S3.3Na/c1-46-15-5-2-13(3-6-15)29-17-7-4-14(10-19(17)48(40,41)42)34-35-22-20(49(43,44)45)9-12-8-16(47(37,38)39)11-18(21(12)23(22)36)30-26-32-24(27)31-25(28)33-26;;;/h2-11,29,36H,1H3,(H,37,38,39)(H,40,41,42)(H,43,44,45)(H,30,31,32,33);;;. The van der Waals surface area contributed by atoms with Crippen molar-refractivity contribution in [3.63, 3.8) is 0 Å². The zero-order valence-electron chi connectivity index (χ0n) is 27.1. The van der Waals surface area contributed by atoms with Crippen LogP contribution in [0.25, 0.3) is 10.8 Å². The van der Waals surface area contributed by atoms with E-state index in [0.717, 1.165) is 24.3 Å². The number of benzene rings is 4. The third kappa shape index (κ3) is 11.2. The van der Waals surface area contributed by atoms with Crippen LogP contribution in [0.15, 0.2) is 85.6 Å². The molecule has 0 fully saturated rings. The van der Waals surface area contributed by atoms with Crippen molar-refractivity contribution < 1.29 is 48.8 Å². The smallest absolute Gasteiger partial charge is 0.296 e. The van der Waals surface area contributed by atoms with Crippen molar-refractivity contribution in [3.8, 4) is 11.5 Å². The van der Waals surface area contributed by atoms with E-state index < -0.39 is 56.5 Å². The monoisotopic (exact) mass is 840 g/mol. The largest absolute Gasteiger partial charge is 0.505 e. The quantitative estimate of drug-likeness (QED) is 0.0639. The summed E-state index contributed by atoms with van der Waals surface area (Å²) < 4.78 is 108. The van der Waals surface area contributed by atoms with E-state index in [9.17, 15) is 44.0 Å². The van der Waals surface area contributed by atoms with Gasteiger partial charge in [-0.1, -0.05) is 0 Å². The third-order valence-corrected chi connectivity index (χ3v) is 9.33. The summed E-state index contributed by atoms with van der Waals surface area (Å²) in [5.41, 5.74) is -1.19. The maximum absolute atomic E-state index is 12.4. The fourth-order valence-electron chi connectivity index (χ4n) is 4.33. The van der Waals surface area contributed by atoms with Gasteiger partial charge in [0.2, 0.25) is 16.5 Å². The van der Waals surface area contributed by atoms with Crippen molar-refractivity contribution in [2.24, 2.45) is 10.2 Å². The van der Waals surface area contributed by atoms with Gasteiger partial charge in [-0.15, -0.1) is 5.11 Å². The number of aromatic hydroxyl groups is 1. The first-order chi connectivity index (χ1) is 22.8. The zero-order chi connectivity index (χ0) is 35.9. The number of rotatable bonds is 10. The number of phenolic OH excluding ortho intramolecular Hbond substituents is 1. The minimum Gasteiger partial charge on any atom is -0.505 e. The first-order valence-corrected chi connectivity index (χ1v) is 18.0. The number of ether oxygens (including phenoxy) is 1. The van der Waals surface area contributed by atoms with E-state index >= 15 is 0 Å². The van der Waals surface area contributed by atoms with E-state index in [4.69, 9.17) is 27.9 Å². The summed E-state index contributed by atoms with van der Waals surface area (Å²) in [4.78, 5) is 8.61. The third-order valence-electron chi connectivity index (χ3n) is 6.40. The van der Waals surface area contributed by atoms with Gasteiger partial charge in [-0.25, -0.2) is 0 Å². The van der Waals surface area contributed by atoms with Crippen molar-refractivity contribution in [2.75, 3.05) is 17.7 Å². The summed E-state index contributed by atoms with van der Waals surface area (Å²) in [6, 6.07) is 12.0. The van der Waals surface area contributed by atoms with Crippen LogP contribution in [0.3, 0.4) is 0 Å². The van der Waals surface area contributed by atoms with Crippen molar-refractivity contribution >= 4 is 187 Å². The number of nitrogens with zero attached hydrogens (tertiary/aromatic N) is 5. The van der Waals surface area contributed by atoms with E-state index in [1.54, 1.807) is 24.3 Å². The number of hydrogen-bond acceptors (Lipinski definition) is 15. The molecular weight excluding hydrogens is 822 g/mol. The second kappa shape index (κ2) is 18.3. The summed E-state index contributed by atoms with van der Waals surface area (Å²) >= 11 is 11.6. The average molecular weight is 842 g/mol. The number of fused-ring (bicyclic) bond motifs is 1. The Balaban J connectivity index is 0.00000312. The second-order valence-electron chi connectivity index (χ2n) is 9.62. The molecule has 3 radical (unpaired) electrons. The van der Waals surface area contributed by atoms with Crippen LogP contribution in [-0.4, -0.2) is 155 Å². The van der Waals surface area contributed by atoms with Crippen LogP contribution < -0.4 is 15.4 Å². The van der Waals surface area contributed by atoms with Crippen LogP contribution >= 0.6 is 23.2 Å². The fraction of sp³-hybridized carbons (Fsp3) is 0.0385. The molecule has 26 heteroatoms. The van der Waals surface area contributed by atoms with E-state index in [0.29, 0.717) is 11.4 Å². The van der Waals surface area contributed by atoms with Crippen LogP contribution in [0.2, 0.25) is 10.6 Å². The van der Waals surface area contributed by atoms with Crippen LogP contribution in [0.4, 0.5) is 34.4 Å². The Kier molecular flexibility index (Phi) is 16.3. The van der Waals surface area contributed by atoms with Crippen LogP contribution in [0, 0.1) is 0 Å². The Morgan fingerprint density at radius 3 is 1.83 bits per heavy atom. The van der Waals surface area contributed by atoms with E-state index in [1.165, 1.54) is 19.2 Å². The Bertz CT molecular complexity index is 2500. The molecular formula is C26H19Cl2N7Na3O11S3. The molecule has 6 N–H and O–H groups in total. The molecule has 0 aliphatic carbocycles. The van der Waals surface area contributed by atoms with Crippen LogP contribution in [0.5, 0.6) is 11.5 Å². The first-order valence-electron chi connectivity index (χ1n) is 12.9. The fourth-order valence-corrected chi connectivity index (χ4v) is 6.56. The predicted molar refractivity (Wildman–Crippen MR) is 192 cm³/mol. The minimum atomic E-state index is -5.23. The van der Waals surface area contributed by atoms with Gasteiger partial charge in [0.15, 0.2) is 5.75 Å². The second-order valence-corrected chi connectivity index (χ2v) is 14.5. The minimum absolute atomic E-state index is 0. The Labute approximate surface area is 371 Å². The molecule has 0 saturated heterocycles. The molecule has 0 atom stereocenters. The molecule has 0 saturated carbocycles. The number of methoxy groups -OCH3 is 1. The van der Waals surface area contributed by atoms with E-state index in [1.807, 2.05) is 0 Å². The van der Waals surface area contributed by atoms with Crippen LogP contribution in [0.1, 0.15) is 0 Å². The summed E-state index contributed by atoms with van der Waals surface area (Å²) in [6.07, 6.45) is 0. The molecule has 18 nitrogen and oxygen atoms in total. The Hall–Kier alpha value is -1.74. The topological polar surface area (TPSA) is 280 Å². The normalized spacial score (nSPS) is 11.7. The Morgan fingerprint density at radius 1 is 0.692 bits per heavy atom. The van der Waals surface area contributed by atoms with E-state index in [2.05, 4.69) is 35.8 Å². The first kappa shape index (κ1) is 46.4. The van der Waals surface area contributed by atoms with Gasteiger partial charge in [0, 0.05) is 99.7 Å². The predicted octanol–water partition coefficient (Wildman–Crippen LogP) is 4.55. The molecule has 0 aliphatic rings. The maximum Gasteiger partial charge on any atom is 0.296 e. The average Bonchev–Trinajstić information content (AvgIpc) is 2.99. The van der Waals surface area contributed by atoms with Crippen molar-refractivity contribution in [1.29, 1.82) is 0 Å². The zero-order valence-corrected chi connectivity index (χ0v) is 37.1. The van der Waals surface area contributed by atoms with Crippen molar-refractivity contribution in [3.05, 3.63) is 71.2 Å². The molecule has 5 rings (SSSR count). The SMILES string of the molecule is COc1ccc(Nc2ccc(N=Nc3c(S(=O)(=O)O)cc4cc(S(=O)(=O)O)cc(Nc5nc(Cl)nc(Cl)n5)c4c3O)cc2S(=O)(=O)O)cc1.[Na].[Na].[Na]. The molecule has 0 bridgehead atoms. The number of nitrogens with one attached hydrogen (secondary N) is 2. The van der Waals surface area contributed by atoms with E-state index in [-0.39, 0.29) is 133 Å². The number of hydrogen-bond donors (Lipinski definition) is 6. The molecule has 0 spiro atoms. The molecule has 4 aromatic carbocycles. The maximum atomic E-state index is 12.4. The number of anilines is 4. The molecule has 0 unspecified atom stereocenters. The molecule has 259 valence electrons. The molecule has 0 amide bonds. The van der Waals surface area contributed by atoms with Crippen molar-refractivity contribution in [1.82, 2.24) is 15.0 Å². The van der Waals surface area contributed by atoms with Gasteiger partial charge in [-0.3, -0.25) is 13.7 Å². The molecule has 0 aliphatic heterocycles. The summed E-state index contributed by atoms with van der Waals surface area (Å²) in [5.74, 6) is -0.850. The van der Waals surface area contributed by atoms with Crippen molar-refractivity contribution in [2.45, 2.75) is 14.7 Å². The van der Waals surface area contributed by atoms with Gasteiger partial charge in [0.25, 0.3) is 30.4 Å². The number of azo groups is 1. The Morgan fingerprint density at radius 2 is 1.29 bits per heavy atom. The number of phenols is 1. The molecule has 5 aromatic rings. The van der Waals surface area contributed by atoms with Crippen LogP contribution in [-0.2, 0) is 30.4 Å². The molecule has 52 heavy (non-hydrogen) atoms. The molecule has 1 aromatic heterocycles. The molecule has 1 heterocycles. The van der Waals surface area contributed by atoms with Gasteiger partial charge in [-0.2, -0.15) is 45.3 Å². The van der Waals surface area contributed by atoms with Gasteiger partial charge >= 0.3 is 0 Å². The van der Waals surface area contributed by atoms with Gasteiger partial charge in [-0.05, 0) is 89.3 Å². The van der Waals surface area contributed by atoms with Gasteiger partial charge < -0.3 is 20.5 Å². The summed E-state index contributed by atoms with van der Waals surface area (Å²) in [5, 5.41) is 22.7. The summed E-state index contributed by atoms with van der Waals surface area (Å²) in [7, 11) is -13.6. The van der Waals surface area contributed by atoms with Gasteiger partial charge in [0.05, 0.1) is 29.1 Å². The summed E-state index contributed by atoms with van der Waals surface area (Å²) in [6.45, 7) is 0. The number of halogens is 2. The number of aromatic nitrogens is 3. The van der Waals surface area contributed by atoms with Gasteiger partial charge in [0.1, 0.15) is 21.2 Å².